The standard InChI is InChI=1S/C33H37ClN2O5/c1-18-9-7-8-10-21(18)36-27(39)17-41-31-20(34)11-19(12-26(31)40-6)28-29-22(13-32(2,3)15-24(29)37)35-23-14-33(4,5)16-25(38)30(23)28/h7-12,28,35H,13-17H2,1-6H3,(H,36,39). The molecule has 0 spiro atoms. The first kappa shape index (κ1) is 28.9. The Labute approximate surface area is 246 Å². The molecule has 0 unspecified atom stereocenters. The molecular formula is C33H37ClN2O5. The van der Waals surface area contributed by atoms with E-state index in [2.05, 4.69) is 38.3 Å². The van der Waals surface area contributed by atoms with Crippen LogP contribution in [-0.4, -0.2) is 31.2 Å². The summed E-state index contributed by atoms with van der Waals surface area (Å²) in [6.07, 6.45) is 2.21. The van der Waals surface area contributed by atoms with Crippen molar-refractivity contribution in [2.45, 2.75) is 66.2 Å². The van der Waals surface area contributed by atoms with Crippen molar-refractivity contribution >= 4 is 34.8 Å². The summed E-state index contributed by atoms with van der Waals surface area (Å²) in [5, 5.41) is 6.60. The highest BCUT2D eigenvalue weighted by molar-refractivity contribution is 6.32. The Morgan fingerprint density at radius 2 is 1.56 bits per heavy atom. The van der Waals surface area contributed by atoms with Crippen molar-refractivity contribution in [3.63, 3.8) is 0 Å². The number of ketones is 2. The van der Waals surface area contributed by atoms with Gasteiger partial charge in [-0.2, -0.15) is 0 Å². The van der Waals surface area contributed by atoms with E-state index in [0.717, 1.165) is 17.0 Å². The Kier molecular flexibility index (Phi) is 7.53. The molecule has 216 valence electrons. The fraction of sp³-hybridized carbons (Fsp3) is 0.424. The lowest BCUT2D eigenvalue weighted by molar-refractivity contribution is -0.119. The number of dihydropyridines is 1. The van der Waals surface area contributed by atoms with Crippen LogP contribution >= 0.6 is 11.6 Å². The highest BCUT2D eigenvalue weighted by atomic mass is 35.5. The lowest BCUT2D eigenvalue weighted by Gasteiger charge is -2.44. The van der Waals surface area contributed by atoms with E-state index in [1.54, 1.807) is 12.1 Å². The third kappa shape index (κ3) is 5.78. The molecular weight excluding hydrogens is 540 g/mol. The van der Waals surface area contributed by atoms with E-state index in [9.17, 15) is 14.4 Å². The van der Waals surface area contributed by atoms with Gasteiger partial charge in [-0.1, -0.05) is 57.5 Å². The van der Waals surface area contributed by atoms with Crippen molar-refractivity contribution in [3.8, 4) is 11.5 Å². The number of allylic oxidation sites excluding steroid dienone is 4. The minimum Gasteiger partial charge on any atom is -0.493 e. The van der Waals surface area contributed by atoms with Crippen molar-refractivity contribution in [3.05, 3.63) is 75.1 Å². The van der Waals surface area contributed by atoms with Crippen LogP contribution in [0.2, 0.25) is 5.02 Å². The summed E-state index contributed by atoms with van der Waals surface area (Å²) in [7, 11) is 1.50. The maximum Gasteiger partial charge on any atom is 0.262 e. The predicted octanol–water partition coefficient (Wildman–Crippen LogP) is 6.65. The maximum atomic E-state index is 13.6. The van der Waals surface area contributed by atoms with Gasteiger partial charge in [0.1, 0.15) is 0 Å². The molecule has 0 fully saturated rings. The van der Waals surface area contributed by atoms with Gasteiger partial charge in [0.15, 0.2) is 29.7 Å². The molecule has 8 heteroatoms. The number of carbonyl (C=O) groups excluding carboxylic acids is 3. The first-order valence-electron chi connectivity index (χ1n) is 13.9. The molecule has 1 amide bonds. The lowest BCUT2D eigenvalue weighted by atomic mass is 9.64. The second-order valence-corrected chi connectivity index (χ2v) is 13.3. The zero-order valence-electron chi connectivity index (χ0n) is 24.5. The van der Waals surface area contributed by atoms with Crippen molar-refractivity contribution in [1.29, 1.82) is 0 Å². The molecule has 3 aliphatic rings. The van der Waals surface area contributed by atoms with E-state index in [1.165, 1.54) is 7.11 Å². The number of nitrogens with one attached hydrogen (secondary N) is 2. The minimum absolute atomic E-state index is 0.0289. The summed E-state index contributed by atoms with van der Waals surface area (Å²) in [5.41, 5.74) is 4.96. The number of halogens is 1. The quantitative estimate of drug-likeness (QED) is 0.400. The minimum atomic E-state index is -0.557. The molecule has 2 N–H and O–H groups in total. The number of hydrogen-bond acceptors (Lipinski definition) is 6. The molecule has 7 nitrogen and oxygen atoms in total. The summed E-state index contributed by atoms with van der Waals surface area (Å²) in [5.74, 6) is -0.287. The third-order valence-corrected chi connectivity index (χ3v) is 8.35. The molecule has 2 aliphatic carbocycles. The summed E-state index contributed by atoms with van der Waals surface area (Å²) >= 11 is 6.76. The lowest BCUT2D eigenvalue weighted by Crippen LogP contribution is -2.42. The summed E-state index contributed by atoms with van der Waals surface area (Å²) in [6.45, 7) is 9.99. The molecule has 1 heterocycles. The maximum absolute atomic E-state index is 13.6. The molecule has 0 aromatic heterocycles. The van der Waals surface area contributed by atoms with Crippen LogP contribution in [0.15, 0.2) is 58.9 Å². The zero-order chi connectivity index (χ0) is 29.7. The number of methoxy groups -OCH3 is 1. The van der Waals surface area contributed by atoms with E-state index in [4.69, 9.17) is 21.1 Å². The molecule has 41 heavy (non-hydrogen) atoms. The van der Waals surface area contributed by atoms with E-state index < -0.39 is 5.92 Å². The first-order valence-corrected chi connectivity index (χ1v) is 14.3. The van der Waals surface area contributed by atoms with Crippen LogP contribution in [-0.2, 0) is 14.4 Å². The van der Waals surface area contributed by atoms with Crippen molar-refractivity contribution in [1.82, 2.24) is 5.32 Å². The molecule has 2 aromatic carbocycles. The number of hydrogen-bond donors (Lipinski definition) is 2. The number of ether oxygens (including phenoxy) is 2. The van der Waals surface area contributed by atoms with Crippen LogP contribution in [0.3, 0.4) is 0 Å². The summed E-state index contributed by atoms with van der Waals surface area (Å²) < 4.78 is 11.5. The van der Waals surface area contributed by atoms with Crippen molar-refractivity contribution < 1.29 is 23.9 Å². The van der Waals surface area contributed by atoms with Gasteiger partial charge in [-0.05, 0) is 59.9 Å². The first-order chi connectivity index (χ1) is 19.3. The Hall–Kier alpha value is -3.58. The van der Waals surface area contributed by atoms with E-state index in [-0.39, 0.29) is 45.7 Å². The predicted molar refractivity (Wildman–Crippen MR) is 159 cm³/mol. The Bertz CT molecular complexity index is 1470. The smallest absolute Gasteiger partial charge is 0.262 e. The number of amides is 1. The van der Waals surface area contributed by atoms with Crippen LogP contribution < -0.4 is 20.1 Å². The van der Waals surface area contributed by atoms with Crippen LogP contribution in [0, 0.1) is 17.8 Å². The molecule has 0 radical (unpaired) electrons. The molecule has 0 atom stereocenters. The summed E-state index contributed by atoms with van der Waals surface area (Å²) in [4.78, 5) is 39.9. The van der Waals surface area contributed by atoms with Crippen LogP contribution in [0.1, 0.15) is 70.4 Å². The van der Waals surface area contributed by atoms with Gasteiger partial charge in [0.05, 0.1) is 12.1 Å². The fourth-order valence-corrected chi connectivity index (χ4v) is 6.58. The molecule has 2 aromatic rings. The average Bonchev–Trinajstić information content (AvgIpc) is 2.86. The van der Waals surface area contributed by atoms with Gasteiger partial charge in [0.25, 0.3) is 5.91 Å². The normalized spacial score (nSPS) is 19.8. The zero-order valence-corrected chi connectivity index (χ0v) is 25.3. The molecule has 0 bridgehead atoms. The largest absolute Gasteiger partial charge is 0.493 e. The van der Waals surface area contributed by atoms with Gasteiger partial charge in [0, 0.05) is 47.0 Å². The fourth-order valence-electron chi connectivity index (χ4n) is 6.31. The van der Waals surface area contributed by atoms with Gasteiger partial charge >= 0.3 is 0 Å². The number of rotatable bonds is 6. The number of carbonyl (C=O) groups is 3. The molecule has 5 rings (SSSR count). The van der Waals surface area contributed by atoms with E-state index in [0.29, 0.717) is 53.8 Å². The van der Waals surface area contributed by atoms with Crippen LogP contribution in [0.4, 0.5) is 5.69 Å². The average molecular weight is 577 g/mol. The highest BCUT2D eigenvalue weighted by Gasteiger charge is 2.46. The van der Waals surface area contributed by atoms with Gasteiger partial charge in [-0.3, -0.25) is 14.4 Å². The second-order valence-electron chi connectivity index (χ2n) is 12.9. The van der Waals surface area contributed by atoms with Crippen LogP contribution in [0.5, 0.6) is 11.5 Å². The number of Topliss-reactive ketones (excluding diaryl/α,β-unsaturated/α-hetero) is 2. The van der Waals surface area contributed by atoms with Gasteiger partial charge in [0.2, 0.25) is 0 Å². The Morgan fingerprint density at radius 1 is 0.976 bits per heavy atom. The Morgan fingerprint density at radius 3 is 2.12 bits per heavy atom. The topological polar surface area (TPSA) is 93.7 Å². The van der Waals surface area contributed by atoms with Crippen molar-refractivity contribution in [2.75, 3.05) is 19.0 Å². The number of anilines is 1. The Balaban J connectivity index is 1.51. The second kappa shape index (κ2) is 10.7. The molecule has 0 saturated heterocycles. The van der Waals surface area contributed by atoms with E-state index >= 15 is 0 Å². The highest BCUT2D eigenvalue weighted by Crippen LogP contribution is 2.52. The molecule has 0 saturated carbocycles. The number of benzene rings is 2. The van der Waals surface area contributed by atoms with Gasteiger partial charge < -0.3 is 20.1 Å². The third-order valence-electron chi connectivity index (χ3n) is 8.07. The summed E-state index contributed by atoms with van der Waals surface area (Å²) in [6, 6.07) is 11.0. The van der Waals surface area contributed by atoms with E-state index in [1.807, 2.05) is 31.2 Å². The van der Waals surface area contributed by atoms with Crippen molar-refractivity contribution in [2.24, 2.45) is 10.8 Å². The number of para-hydroxylation sites is 1. The van der Waals surface area contributed by atoms with Gasteiger partial charge in [-0.25, -0.2) is 0 Å². The van der Waals surface area contributed by atoms with Gasteiger partial charge in [-0.15, -0.1) is 0 Å². The SMILES string of the molecule is COc1cc(C2C3=C(CC(C)(C)CC3=O)NC3=C2C(=O)CC(C)(C)C3)cc(Cl)c1OCC(=O)Nc1ccccc1C. The molecule has 1 aliphatic heterocycles. The monoisotopic (exact) mass is 576 g/mol. The van der Waals surface area contributed by atoms with Crippen LogP contribution in [0.25, 0.3) is 0 Å². The number of aryl methyl sites for hydroxylation is 1.